The Morgan fingerprint density at radius 1 is 1.31 bits per heavy atom. The maximum atomic E-state index is 5.22. The van der Waals surface area contributed by atoms with E-state index in [4.69, 9.17) is 24.4 Å². The maximum absolute atomic E-state index is 5.22. The number of nitrogens with one attached hydrogen (secondary N) is 3. The minimum Gasteiger partial charge on any atom is -0.355 e. The van der Waals surface area contributed by atoms with Gasteiger partial charge in [0.25, 0.3) is 0 Å². The molecule has 0 aliphatic carbocycles. The first kappa shape index (κ1) is 13.2. The van der Waals surface area contributed by atoms with Gasteiger partial charge in [0.15, 0.2) is 10.2 Å². The van der Waals surface area contributed by atoms with Crippen LogP contribution in [0.5, 0.6) is 0 Å². The number of likely N-dealkylation sites (tertiary alicyclic amines) is 1. The van der Waals surface area contributed by atoms with Gasteiger partial charge in [-0.15, -0.1) is 6.58 Å². The molecule has 1 atom stereocenters. The van der Waals surface area contributed by atoms with Crippen molar-refractivity contribution in [3.8, 4) is 0 Å². The Kier molecular flexibility index (Phi) is 5.48. The van der Waals surface area contributed by atoms with Crippen molar-refractivity contribution in [2.45, 2.75) is 25.8 Å². The fourth-order valence-corrected chi connectivity index (χ4v) is 1.88. The van der Waals surface area contributed by atoms with Gasteiger partial charge in [-0.05, 0) is 44.2 Å². The molecule has 0 radical (unpaired) electrons. The van der Waals surface area contributed by atoms with Gasteiger partial charge in [-0.1, -0.05) is 6.08 Å². The quantitative estimate of drug-likeness (QED) is 0.388. The Balaban J connectivity index is 2.20. The van der Waals surface area contributed by atoms with Crippen LogP contribution in [-0.2, 0) is 0 Å². The van der Waals surface area contributed by atoms with Gasteiger partial charge in [0, 0.05) is 19.1 Å². The highest BCUT2D eigenvalue weighted by molar-refractivity contribution is 7.80. The smallest absolute Gasteiger partial charge is 0.187 e. The molecule has 6 heteroatoms. The van der Waals surface area contributed by atoms with Crippen LogP contribution in [-0.4, -0.2) is 34.3 Å². The van der Waals surface area contributed by atoms with E-state index in [2.05, 4.69) is 27.6 Å². The third kappa shape index (κ3) is 4.32. The SMILES string of the molecule is C=CC(C)NC(=S)NNC(=S)N1CCCC1. The summed E-state index contributed by atoms with van der Waals surface area (Å²) in [6.07, 6.45) is 4.20. The van der Waals surface area contributed by atoms with Gasteiger partial charge in [0.1, 0.15) is 0 Å². The molecule has 0 amide bonds. The van der Waals surface area contributed by atoms with Crippen molar-refractivity contribution in [2.24, 2.45) is 0 Å². The molecule has 0 aromatic rings. The zero-order chi connectivity index (χ0) is 12.0. The first-order valence-electron chi connectivity index (χ1n) is 5.37. The van der Waals surface area contributed by atoms with Crippen molar-refractivity contribution >= 4 is 34.7 Å². The summed E-state index contributed by atoms with van der Waals surface area (Å²) in [5.41, 5.74) is 5.79. The highest BCUT2D eigenvalue weighted by atomic mass is 32.1. The standard InChI is InChI=1S/C10H18N4S2/c1-3-8(2)11-9(15)12-13-10(16)14-6-4-5-7-14/h3,8H,1,4-7H2,2H3,(H,13,16)(H2,11,12,15). The highest BCUT2D eigenvalue weighted by Gasteiger charge is 2.14. The van der Waals surface area contributed by atoms with Crippen molar-refractivity contribution in [1.82, 2.24) is 21.1 Å². The molecule has 0 spiro atoms. The van der Waals surface area contributed by atoms with Crippen molar-refractivity contribution in [3.05, 3.63) is 12.7 Å². The van der Waals surface area contributed by atoms with Gasteiger partial charge >= 0.3 is 0 Å². The van der Waals surface area contributed by atoms with Gasteiger partial charge < -0.3 is 10.2 Å². The van der Waals surface area contributed by atoms with E-state index in [0.29, 0.717) is 10.2 Å². The lowest BCUT2D eigenvalue weighted by molar-refractivity contribution is 0.502. The molecule has 1 aliphatic heterocycles. The number of thiocarbonyl (C=S) groups is 2. The lowest BCUT2D eigenvalue weighted by atomic mass is 10.3. The Morgan fingerprint density at radius 2 is 1.94 bits per heavy atom. The van der Waals surface area contributed by atoms with Crippen molar-refractivity contribution in [2.75, 3.05) is 13.1 Å². The summed E-state index contributed by atoms with van der Waals surface area (Å²) in [4.78, 5) is 2.13. The average molecular weight is 258 g/mol. The second-order valence-electron chi connectivity index (χ2n) is 3.75. The second-order valence-corrected chi connectivity index (χ2v) is 4.54. The molecule has 90 valence electrons. The fraction of sp³-hybridized carbons (Fsp3) is 0.600. The van der Waals surface area contributed by atoms with E-state index in [9.17, 15) is 0 Å². The lowest BCUT2D eigenvalue weighted by Gasteiger charge is -2.21. The van der Waals surface area contributed by atoms with Crippen LogP contribution >= 0.6 is 24.4 Å². The minimum absolute atomic E-state index is 0.141. The Morgan fingerprint density at radius 3 is 2.50 bits per heavy atom. The molecule has 4 nitrogen and oxygen atoms in total. The highest BCUT2D eigenvalue weighted by Crippen LogP contribution is 2.06. The van der Waals surface area contributed by atoms with Crippen molar-refractivity contribution in [3.63, 3.8) is 0 Å². The zero-order valence-corrected chi connectivity index (χ0v) is 11.1. The molecule has 1 saturated heterocycles. The van der Waals surface area contributed by atoms with Gasteiger partial charge in [-0.2, -0.15) is 0 Å². The third-order valence-corrected chi connectivity index (χ3v) is 2.97. The topological polar surface area (TPSA) is 39.3 Å². The lowest BCUT2D eigenvalue weighted by Crippen LogP contribution is -2.52. The minimum atomic E-state index is 0.141. The van der Waals surface area contributed by atoms with Gasteiger partial charge in [0.05, 0.1) is 0 Å². The molecular formula is C10H18N4S2. The molecule has 0 aromatic carbocycles. The van der Waals surface area contributed by atoms with Crippen LogP contribution < -0.4 is 16.2 Å². The van der Waals surface area contributed by atoms with E-state index < -0.39 is 0 Å². The summed E-state index contributed by atoms with van der Waals surface area (Å²) in [6.45, 7) is 7.69. The number of hydrazine groups is 1. The van der Waals surface area contributed by atoms with Gasteiger partial charge in [0.2, 0.25) is 0 Å². The number of hydrogen-bond donors (Lipinski definition) is 3. The summed E-state index contributed by atoms with van der Waals surface area (Å²) in [5, 5.41) is 4.26. The Bertz CT molecular complexity index is 274. The predicted molar refractivity (Wildman–Crippen MR) is 75.1 cm³/mol. The van der Waals surface area contributed by atoms with E-state index in [1.54, 1.807) is 6.08 Å². The molecule has 0 aromatic heterocycles. The normalized spacial score (nSPS) is 16.4. The largest absolute Gasteiger partial charge is 0.355 e. The molecule has 1 fully saturated rings. The van der Waals surface area contributed by atoms with E-state index in [-0.39, 0.29) is 6.04 Å². The molecule has 1 heterocycles. The van der Waals surface area contributed by atoms with E-state index >= 15 is 0 Å². The van der Waals surface area contributed by atoms with Crippen LogP contribution in [0.3, 0.4) is 0 Å². The van der Waals surface area contributed by atoms with Gasteiger partial charge in [-0.25, -0.2) is 0 Å². The van der Waals surface area contributed by atoms with Crippen LogP contribution in [0.2, 0.25) is 0 Å². The molecule has 0 saturated carbocycles. The summed E-state index contributed by atoms with van der Waals surface area (Å²) in [6, 6.07) is 0.141. The summed E-state index contributed by atoms with van der Waals surface area (Å²) in [7, 11) is 0. The Labute approximate surface area is 107 Å². The number of nitrogens with zero attached hydrogens (tertiary/aromatic N) is 1. The van der Waals surface area contributed by atoms with Gasteiger partial charge in [-0.3, -0.25) is 10.9 Å². The predicted octanol–water partition coefficient (Wildman–Crippen LogP) is 0.910. The molecule has 1 aliphatic rings. The van der Waals surface area contributed by atoms with Crippen LogP contribution in [0.15, 0.2) is 12.7 Å². The summed E-state index contributed by atoms with van der Waals surface area (Å²) < 4.78 is 0. The van der Waals surface area contributed by atoms with Crippen LogP contribution in [0.4, 0.5) is 0 Å². The molecule has 16 heavy (non-hydrogen) atoms. The first-order valence-corrected chi connectivity index (χ1v) is 6.19. The second kappa shape index (κ2) is 6.65. The number of rotatable bonds is 2. The van der Waals surface area contributed by atoms with E-state index in [1.165, 1.54) is 12.8 Å². The molecule has 1 rings (SSSR count). The monoisotopic (exact) mass is 258 g/mol. The maximum Gasteiger partial charge on any atom is 0.187 e. The fourth-order valence-electron chi connectivity index (χ4n) is 1.41. The van der Waals surface area contributed by atoms with E-state index in [0.717, 1.165) is 13.1 Å². The van der Waals surface area contributed by atoms with Crippen LogP contribution in [0.1, 0.15) is 19.8 Å². The average Bonchev–Trinajstić information content (AvgIpc) is 2.79. The van der Waals surface area contributed by atoms with Crippen molar-refractivity contribution < 1.29 is 0 Å². The van der Waals surface area contributed by atoms with E-state index in [1.807, 2.05) is 6.92 Å². The number of hydrogen-bond acceptors (Lipinski definition) is 2. The summed E-state index contributed by atoms with van der Waals surface area (Å²) >= 11 is 10.3. The Hall–Kier alpha value is -0.880. The zero-order valence-electron chi connectivity index (χ0n) is 9.45. The molecule has 3 N–H and O–H groups in total. The first-order chi connectivity index (χ1) is 7.63. The van der Waals surface area contributed by atoms with Crippen LogP contribution in [0, 0.1) is 0 Å². The summed E-state index contributed by atoms with van der Waals surface area (Å²) in [5.74, 6) is 0. The third-order valence-electron chi connectivity index (χ3n) is 2.39. The van der Waals surface area contributed by atoms with Crippen molar-refractivity contribution in [1.29, 1.82) is 0 Å². The molecule has 1 unspecified atom stereocenters. The molecule has 0 bridgehead atoms. The molecular weight excluding hydrogens is 240 g/mol. The van der Waals surface area contributed by atoms with Crippen LogP contribution in [0.25, 0.3) is 0 Å².